The van der Waals surface area contributed by atoms with E-state index in [-0.39, 0.29) is 0 Å². The highest BCUT2D eigenvalue weighted by atomic mass is 15.2. The molecular weight excluding hydrogens is 236 g/mol. The first-order valence-corrected chi connectivity index (χ1v) is 7.40. The van der Waals surface area contributed by atoms with Crippen molar-refractivity contribution in [3.8, 4) is 0 Å². The van der Waals surface area contributed by atoms with E-state index in [4.69, 9.17) is 0 Å². The normalized spacial score (nSPS) is 20.6. The molecule has 2 rings (SSSR count). The summed E-state index contributed by atoms with van der Waals surface area (Å²) in [6.07, 6.45) is 11.0. The van der Waals surface area contributed by atoms with Crippen molar-refractivity contribution in [1.82, 2.24) is 20.0 Å². The Morgan fingerprint density at radius 1 is 1.53 bits per heavy atom. The van der Waals surface area contributed by atoms with Crippen LogP contribution in [0.1, 0.15) is 38.2 Å². The molecule has 106 valence electrons. The van der Waals surface area contributed by atoms with E-state index in [2.05, 4.69) is 28.8 Å². The Balaban J connectivity index is 1.57. The quantitative estimate of drug-likeness (QED) is 0.766. The van der Waals surface area contributed by atoms with Gasteiger partial charge in [-0.3, -0.25) is 0 Å². The molecule has 4 nitrogen and oxygen atoms in total. The minimum atomic E-state index is 0.777. The largest absolute Gasteiger partial charge is 0.313 e. The van der Waals surface area contributed by atoms with Crippen molar-refractivity contribution in [2.75, 3.05) is 19.6 Å². The number of hydrogen-bond donors (Lipinski definition) is 1. The Morgan fingerprint density at radius 3 is 3.16 bits per heavy atom. The molecule has 1 aliphatic heterocycles. The van der Waals surface area contributed by atoms with Crippen LogP contribution in [0.15, 0.2) is 19.0 Å². The summed E-state index contributed by atoms with van der Waals surface area (Å²) in [5.74, 6) is 0. The zero-order valence-corrected chi connectivity index (χ0v) is 12.0. The van der Waals surface area contributed by atoms with Crippen molar-refractivity contribution < 1.29 is 0 Å². The first-order valence-electron chi connectivity index (χ1n) is 7.40. The minimum absolute atomic E-state index is 0.777. The number of piperidine rings is 1. The fourth-order valence-electron chi connectivity index (χ4n) is 2.70. The van der Waals surface area contributed by atoms with E-state index in [9.17, 15) is 0 Å². The summed E-state index contributed by atoms with van der Waals surface area (Å²) >= 11 is 0. The van der Waals surface area contributed by atoms with Crippen molar-refractivity contribution in [3.63, 3.8) is 0 Å². The third-order valence-electron chi connectivity index (χ3n) is 3.91. The van der Waals surface area contributed by atoms with Crippen LogP contribution in [0.25, 0.3) is 6.20 Å². The average Bonchev–Trinajstić information content (AvgIpc) is 2.88. The Labute approximate surface area is 116 Å². The van der Waals surface area contributed by atoms with Crippen LogP contribution in [-0.4, -0.2) is 40.4 Å². The number of likely N-dealkylation sites (tertiary alicyclic amines) is 1. The molecule has 2 heterocycles. The fraction of sp³-hybridized carbons (Fsp3) is 0.667. The van der Waals surface area contributed by atoms with Gasteiger partial charge in [0, 0.05) is 30.5 Å². The van der Waals surface area contributed by atoms with Crippen LogP contribution in [0, 0.1) is 0 Å². The van der Waals surface area contributed by atoms with E-state index in [1.807, 2.05) is 12.4 Å². The molecule has 0 bridgehead atoms. The maximum Gasteiger partial charge on any atom is 0.0538 e. The van der Waals surface area contributed by atoms with Crippen LogP contribution in [0.5, 0.6) is 0 Å². The molecule has 0 aromatic carbocycles. The van der Waals surface area contributed by atoms with Gasteiger partial charge in [-0.2, -0.15) is 5.10 Å². The Hall–Kier alpha value is -1.13. The highest BCUT2D eigenvalue weighted by Crippen LogP contribution is 2.16. The molecule has 0 radical (unpaired) electrons. The van der Waals surface area contributed by atoms with Gasteiger partial charge in [-0.25, -0.2) is 4.68 Å². The maximum atomic E-state index is 4.17. The zero-order chi connectivity index (χ0) is 13.5. The smallest absolute Gasteiger partial charge is 0.0538 e. The summed E-state index contributed by atoms with van der Waals surface area (Å²) in [4.78, 5) is 2.63. The SMILES string of the molecule is C=Cn1cc(CNCCCN2CCCCC2C)cn1. The highest BCUT2D eigenvalue weighted by molar-refractivity contribution is 5.17. The lowest BCUT2D eigenvalue weighted by molar-refractivity contribution is 0.159. The van der Waals surface area contributed by atoms with E-state index in [1.165, 1.54) is 44.3 Å². The van der Waals surface area contributed by atoms with E-state index in [0.29, 0.717) is 0 Å². The number of hydrogen-bond acceptors (Lipinski definition) is 3. The van der Waals surface area contributed by atoms with Gasteiger partial charge >= 0.3 is 0 Å². The van der Waals surface area contributed by atoms with E-state index in [1.54, 1.807) is 10.9 Å². The van der Waals surface area contributed by atoms with Crippen LogP contribution in [-0.2, 0) is 6.54 Å². The van der Waals surface area contributed by atoms with Gasteiger partial charge in [-0.15, -0.1) is 0 Å². The van der Waals surface area contributed by atoms with Crippen LogP contribution >= 0.6 is 0 Å². The van der Waals surface area contributed by atoms with Gasteiger partial charge in [0.25, 0.3) is 0 Å². The average molecular weight is 262 g/mol. The van der Waals surface area contributed by atoms with Gasteiger partial charge < -0.3 is 10.2 Å². The topological polar surface area (TPSA) is 33.1 Å². The first-order chi connectivity index (χ1) is 9.29. The van der Waals surface area contributed by atoms with Crippen molar-refractivity contribution >= 4 is 6.20 Å². The molecule has 0 saturated carbocycles. The summed E-state index contributed by atoms with van der Waals surface area (Å²) in [6, 6.07) is 0.777. The monoisotopic (exact) mass is 262 g/mol. The second-order valence-electron chi connectivity index (χ2n) is 5.42. The molecule has 0 spiro atoms. The lowest BCUT2D eigenvalue weighted by Crippen LogP contribution is -2.38. The molecule has 1 N–H and O–H groups in total. The zero-order valence-electron chi connectivity index (χ0n) is 12.0. The fourth-order valence-corrected chi connectivity index (χ4v) is 2.70. The van der Waals surface area contributed by atoms with Crippen LogP contribution in [0.4, 0.5) is 0 Å². The third kappa shape index (κ3) is 4.48. The lowest BCUT2D eigenvalue weighted by atomic mass is 10.0. The molecule has 0 amide bonds. The summed E-state index contributed by atoms with van der Waals surface area (Å²) in [5.41, 5.74) is 1.21. The maximum absolute atomic E-state index is 4.17. The highest BCUT2D eigenvalue weighted by Gasteiger charge is 2.16. The van der Waals surface area contributed by atoms with Gasteiger partial charge in [0.2, 0.25) is 0 Å². The molecule has 1 saturated heterocycles. The molecule has 4 heteroatoms. The standard InChI is InChI=1S/C15H26N4/c1-3-19-13-15(12-17-19)11-16-8-6-10-18-9-5-4-7-14(18)2/h3,12-14,16H,1,4-11H2,2H3. The summed E-state index contributed by atoms with van der Waals surface area (Å²) in [7, 11) is 0. The predicted molar refractivity (Wildman–Crippen MR) is 79.8 cm³/mol. The molecule has 19 heavy (non-hydrogen) atoms. The van der Waals surface area contributed by atoms with Gasteiger partial charge in [-0.1, -0.05) is 13.0 Å². The second-order valence-corrected chi connectivity index (χ2v) is 5.42. The molecule has 1 aromatic rings. The Morgan fingerprint density at radius 2 is 2.42 bits per heavy atom. The predicted octanol–water partition coefficient (Wildman–Crippen LogP) is 2.34. The molecule has 1 aliphatic rings. The van der Waals surface area contributed by atoms with Crippen LogP contribution < -0.4 is 5.32 Å². The van der Waals surface area contributed by atoms with E-state index >= 15 is 0 Å². The molecule has 1 aromatic heterocycles. The van der Waals surface area contributed by atoms with Gasteiger partial charge in [0.15, 0.2) is 0 Å². The van der Waals surface area contributed by atoms with Crippen molar-refractivity contribution in [3.05, 3.63) is 24.5 Å². The first kappa shape index (κ1) is 14.3. The third-order valence-corrected chi connectivity index (χ3v) is 3.91. The number of rotatable bonds is 7. The molecule has 1 atom stereocenters. The molecule has 1 unspecified atom stereocenters. The van der Waals surface area contributed by atoms with Crippen LogP contribution in [0.3, 0.4) is 0 Å². The summed E-state index contributed by atoms with van der Waals surface area (Å²) in [6.45, 7) is 10.5. The number of aromatic nitrogens is 2. The van der Waals surface area contributed by atoms with E-state index in [0.717, 1.165) is 19.1 Å². The van der Waals surface area contributed by atoms with Gasteiger partial charge in [-0.05, 0) is 45.8 Å². The second kappa shape index (κ2) is 7.46. The summed E-state index contributed by atoms with van der Waals surface area (Å²) in [5, 5.41) is 7.65. The van der Waals surface area contributed by atoms with Crippen molar-refractivity contribution in [2.24, 2.45) is 0 Å². The minimum Gasteiger partial charge on any atom is -0.313 e. The number of nitrogens with one attached hydrogen (secondary N) is 1. The Bertz CT molecular complexity index is 385. The molecule has 0 aliphatic carbocycles. The summed E-state index contributed by atoms with van der Waals surface area (Å²) < 4.78 is 1.74. The number of nitrogens with zero attached hydrogens (tertiary/aromatic N) is 3. The Kier molecular flexibility index (Phi) is 5.61. The van der Waals surface area contributed by atoms with E-state index < -0.39 is 0 Å². The van der Waals surface area contributed by atoms with Gasteiger partial charge in [0.1, 0.15) is 0 Å². The molecular formula is C15H26N4. The van der Waals surface area contributed by atoms with Crippen molar-refractivity contribution in [1.29, 1.82) is 0 Å². The van der Waals surface area contributed by atoms with Crippen LogP contribution in [0.2, 0.25) is 0 Å². The van der Waals surface area contributed by atoms with Gasteiger partial charge in [0.05, 0.1) is 6.20 Å². The van der Waals surface area contributed by atoms with Crippen molar-refractivity contribution in [2.45, 2.75) is 45.2 Å². The molecule has 1 fully saturated rings. The lowest BCUT2D eigenvalue weighted by Gasteiger charge is -2.33.